The Morgan fingerprint density at radius 3 is 2.27 bits per heavy atom. The SMILES string of the molecule is CNCC(O)(c1ccc(Br)cc1)C(C)C. The Bertz CT molecular complexity index is 310. The fourth-order valence-corrected chi connectivity index (χ4v) is 1.91. The first-order valence-corrected chi connectivity index (χ1v) is 5.93. The van der Waals surface area contributed by atoms with Crippen molar-refractivity contribution in [2.75, 3.05) is 13.6 Å². The van der Waals surface area contributed by atoms with Gasteiger partial charge in [0.2, 0.25) is 0 Å². The molecule has 0 amide bonds. The first kappa shape index (κ1) is 12.7. The van der Waals surface area contributed by atoms with E-state index in [1.807, 2.05) is 45.2 Å². The van der Waals surface area contributed by atoms with Crippen molar-refractivity contribution in [2.24, 2.45) is 5.92 Å². The number of nitrogens with one attached hydrogen (secondary N) is 1. The highest BCUT2D eigenvalue weighted by atomic mass is 79.9. The van der Waals surface area contributed by atoms with E-state index in [0.717, 1.165) is 10.0 Å². The molecule has 1 unspecified atom stereocenters. The van der Waals surface area contributed by atoms with E-state index in [1.165, 1.54) is 0 Å². The van der Waals surface area contributed by atoms with Gasteiger partial charge >= 0.3 is 0 Å². The molecular weight excluding hydrogens is 254 g/mol. The van der Waals surface area contributed by atoms with Crippen LogP contribution in [0.3, 0.4) is 0 Å². The summed E-state index contributed by atoms with van der Waals surface area (Å²) in [5.41, 5.74) is 0.158. The number of rotatable bonds is 4. The summed E-state index contributed by atoms with van der Waals surface area (Å²) in [5.74, 6) is 0.172. The van der Waals surface area contributed by atoms with Crippen LogP contribution in [0.1, 0.15) is 19.4 Å². The maximum absolute atomic E-state index is 10.6. The average Bonchev–Trinajstić information content (AvgIpc) is 2.18. The standard InChI is InChI=1S/C12H18BrNO/c1-9(2)12(15,8-14-3)10-4-6-11(13)7-5-10/h4-7,9,14-15H,8H2,1-3H3. The first-order chi connectivity index (χ1) is 7.00. The topological polar surface area (TPSA) is 32.3 Å². The van der Waals surface area contributed by atoms with Crippen LogP contribution < -0.4 is 5.32 Å². The van der Waals surface area contributed by atoms with Crippen molar-refractivity contribution in [2.45, 2.75) is 19.4 Å². The summed E-state index contributed by atoms with van der Waals surface area (Å²) in [6, 6.07) is 7.83. The van der Waals surface area contributed by atoms with Gasteiger partial charge in [0.05, 0.1) is 0 Å². The third kappa shape index (κ3) is 2.80. The van der Waals surface area contributed by atoms with Gasteiger partial charge in [-0.15, -0.1) is 0 Å². The lowest BCUT2D eigenvalue weighted by molar-refractivity contribution is -0.00757. The third-order valence-corrected chi connectivity index (χ3v) is 3.27. The van der Waals surface area contributed by atoms with Gasteiger partial charge in [-0.25, -0.2) is 0 Å². The number of benzene rings is 1. The summed E-state index contributed by atoms with van der Waals surface area (Å²) in [5, 5.41) is 13.6. The minimum Gasteiger partial charge on any atom is -0.384 e. The maximum atomic E-state index is 10.6. The summed E-state index contributed by atoms with van der Waals surface area (Å²) in [6.45, 7) is 4.62. The van der Waals surface area contributed by atoms with Crippen LogP contribution in [0.2, 0.25) is 0 Å². The number of hydrogen-bond donors (Lipinski definition) is 2. The van der Waals surface area contributed by atoms with Crippen molar-refractivity contribution in [1.29, 1.82) is 0 Å². The van der Waals surface area contributed by atoms with Gasteiger partial charge in [0, 0.05) is 11.0 Å². The van der Waals surface area contributed by atoms with Crippen LogP contribution in [0, 0.1) is 5.92 Å². The number of halogens is 1. The monoisotopic (exact) mass is 271 g/mol. The zero-order valence-electron chi connectivity index (χ0n) is 9.42. The number of likely N-dealkylation sites (N-methyl/N-ethyl adjacent to an activating group) is 1. The van der Waals surface area contributed by atoms with E-state index in [-0.39, 0.29) is 5.92 Å². The van der Waals surface area contributed by atoms with Crippen molar-refractivity contribution in [3.8, 4) is 0 Å². The predicted molar refractivity (Wildman–Crippen MR) is 66.8 cm³/mol. The van der Waals surface area contributed by atoms with Crippen LogP contribution >= 0.6 is 15.9 Å². The first-order valence-electron chi connectivity index (χ1n) is 5.13. The molecule has 1 aromatic carbocycles. The summed E-state index contributed by atoms with van der Waals surface area (Å²) in [6.07, 6.45) is 0. The molecule has 0 aromatic heterocycles. The molecule has 1 atom stereocenters. The molecule has 2 N–H and O–H groups in total. The van der Waals surface area contributed by atoms with Crippen molar-refractivity contribution in [3.05, 3.63) is 34.3 Å². The minimum absolute atomic E-state index is 0.172. The predicted octanol–water partition coefficient (Wildman–Crippen LogP) is 2.51. The summed E-state index contributed by atoms with van der Waals surface area (Å²) in [7, 11) is 1.85. The lowest BCUT2D eigenvalue weighted by Crippen LogP contribution is -2.41. The Morgan fingerprint density at radius 1 is 1.33 bits per heavy atom. The Kier molecular flexibility index (Phi) is 4.32. The fraction of sp³-hybridized carbons (Fsp3) is 0.500. The average molecular weight is 272 g/mol. The second kappa shape index (κ2) is 5.10. The lowest BCUT2D eigenvalue weighted by atomic mass is 9.83. The third-order valence-electron chi connectivity index (χ3n) is 2.75. The highest BCUT2D eigenvalue weighted by Gasteiger charge is 2.32. The molecule has 2 nitrogen and oxygen atoms in total. The Morgan fingerprint density at radius 2 is 1.87 bits per heavy atom. The molecule has 84 valence electrons. The Balaban J connectivity index is 3.04. The molecule has 0 heterocycles. The van der Waals surface area contributed by atoms with Crippen molar-refractivity contribution >= 4 is 15.9 Å². The quantitative estimate of drug-likeness (QED) is 0.882. The summed E-state index contributed by atoms with van der Waals surface area (Å²) < 4.78 is 1.03. The van der Waals surface area contributed by atoms with Crippen molar-refractivity contribution in [1.82, 2.24) is 5.32 Å². The second-order valence-corrected chi connectivity index (χ2v) is 5.03. The molecular formula is C12H18BrNO. The van der Waals surface area contributed by atoms with E-state index in [1.54, 1.807) is 0 Å². The zero-order chi connectivity index (χ0) is 11.5. The van der Waals surface area contributed by atoms with Crippen LogP contribution in [-0.4, -0.2) is 18.7 Å². The van der Waals surface area contributed by atoms with E-state index in [4.69, 9.17) is 0 Å². The molecule has 0 aliphatic heterocycles. The number of aliphatic hydroxyl groups is 1. The summed E-state index contributed by atoms with van der Waals surface area (Å²) in [4.78, 5) is 0. The van der Waals surface area contributed by atoms with Gasteiger partial charge < -0.3 is 10.4 Å². The Hall–Kier alpha value is -0.380. The fourth-order valence-electron chi connectivity index (χ4n) is 1.65. The van der Waals surface area contributed by atoms with Gasteiger partial charge in [-0.05, 0) is 30.7 Å². The van der Waals surface area contributed by atoms with E-state index in [2.05, 4.69) is 21.2 Å². The molecule has 0 aliphatic carbocycles. The van der Waals surface area contributed by atoms with Crippen LogP contribution in [-0.2, 0) is 5.60 Å². The molecule has 0 fully saturated rings. The normalized spacial score (nSPS) is 15.3. The second-order valence-electron chi connectivity index (χ2n) is 4.12. The molecule has 0 saturated heterocycles. The largest absolute Gasteiger partial charge is 0.384 e. The van der Waals surface area contributed by atoms with E-state index in [9.17, 15) is 5.11 Å². The molecule has 1 aromatic rings. The van der Waals surface area contributed by atoms with E-state index < -0.39 is 5.60 Å². The van der Waals surface area contributed by atoms with Crippen LogP contribution in [0.5, 0.6) is 0 Å². The van der Waals surface area contributed by atoms with Crippen LogP contribution in [0.25, 0.3) is 0 Å². The molecule has 0 bridgehead atoms. The highest BCUT2D eigenvalue weighted by molar-refractivity contribution is 9.10. The van der Waals surface area contributed by atoms with Gasteiger partial charge in [-0.2, -0.15) is 0 Å². The highest BCUT2D eigenvalue weighted by Crippen LogP contribution is 2.29. The molecule has 0 spiro atoms. The zero-order valence-corrected chi connectivity index (χ0v) is 11.0. The van der Waals surface area contributed by atoms with E-state index in [0.29, 0.717) is 6.54 Å². The summed E-state index contributed by atoms with van der Waals surface area (Å²) >= 11 is 3.39. The van der Waals surface area contributed by atoms with E-state index >= 15 is 0 Å². The van der Waals surface area contributed by atoms with Gasteiger partial charge in [-0.3, -0.25) is 0 Å². The van der Waals surface area contributed by atoms with Crippen molar-refractivity contribution < 1.29 is 5.11 Å². The van der Waals surface area contributed by atoms with Gasteiger partial charge in [0.1, 0.15) is 5.60 Å². The smallest absolute Gasteiger partial charge is 0.104 e. The Labute approximate surface area is 99.8 Å². The van der Waals surface area contributed by atoms with Gasteiger partial charge in [0.15, 0.2) is 0 Å². The van der Waals surface area contributed by atoms with Gasteiger partial charge in [-0.1, -0.05) is 41.9 Å². The minimum atomic E-state index is -0.796. The number of hydrogen-bond acceptors (Lipinski definition) is 2. The van der Waals surface area contributed by atoms with Crippen LogP contribution in [0.15, 0.2) is 28.7 Å². The molecule has 1 rings (SSSR count). The molecule has 0 aliphatic rings. The molecule has 3 heteroatoms. The molecule has 15 heavy (non-hydrogen) atoms. The molecule has 0 saturated carbocycles. The van der Waals surface area contributed by atoms with Gasteiger partial charge in [0.25, 0.3) is 0 Å². The van der Waals surface area contributed by atoms with Crippen LogP contribution in [0.4, 0.5) is 0 Å². The lowest BCUT2D eigenvalue weighted by Gasteiger charge is -2.32. The molecule has 0 radical (unpaired) electrons. The van der Waals surface area contributed by atoms with Crippen molar-refractivity contribution in [3.63, 3.8) is 0 Å². The maximum Gasteiger partial charge on any atom is 0.104 e.